The Morgan fingerprint density at radius 1 is 1.11 bits per heavy atom. The first-order valence-electron chi connectivity index (χ1n) is 6.19. The van der Waals surface area contributed by atoms with E-state index >= 15 is 0 Å². The molecule has 1 aromatic heterocycles. The molecule has 0 bridgehead atoms. The van der Waals surface area contributed by atoms with Crippen LogP contribution in [0.1, 0.15) is 6.42 Å². The highest BCUT2D eigenvalue weighted by Crippen LogP contribution is 2.33. The quantitative estimate of drug-likeness (QED) is 0.865. The Hall–Kier alpha value is -2.43. The van der Waals surface area contributed by atoms with Gasteiger partial charge in [0.2, 0.25) is 0 Å². The molecule has 2 heterocycles. The summed E-state index contributed by atoms with van der Waals surface area (Å²) in [5.41, 5.74) is 8.18. The maximum Gasteiger partial charge on any atom is 0.163 e. The smallest absolute Gasteiger partial charge is 0.163 e. The molecular weight excluding hydrogens is 242 g/mol. The molecule has 0 aliphatic carbocycles. The van der Waals surface area contributed by atoms with E-state index in [0.717, 1.165) is 29.3 Å². The molecule has 0 unspecified atom stereocenters. The van der Waals surface area contributed by atoms with Gasteiger partial charge in [0.05, 0.1) is 30.8 Å². The molecule has 98 valence electrons. The molecule has 1 aromatic carbocycles. The number of rotatable bonds is 2. The van der Waals surface area contributed by atoms with Crippen molar-refractivity contribution in [1.82, 2.24) is 4.98 Å². The Kier molecular flexibility index (Phi) is 3.10. The van der Waals surface area contributed by atoms with Gasteiger partial charge in [-0.1, -0.05) is 0 Å². The maximum atomic E-state index is 5.85. The fourth-order valence-corrected chi connectivity index (χ4v) is 1.92. The predicted octanol–water partition coefficient (Wildman–Crippen LogP) is 2.57. The fraction of sp³-hybridized carbons (Fsp3) is 0.214. The van der Waals surface area contributed by atoms with E-state index in [0.29, 0.717) is 18.9 Å². The summed E-state index contributed by atoms with van der Waals surface area (Å²) in [6, 6.07) is 7.59. The number of fused-ring (bicyclic) bond motifs is 1. The molecule has 3 N–H and O–H groups in total. The highest BCUT2D eigenvalue weighted by atomic mass is 16.5. The van der Waals surface area contributed by atoms with Gasteiger partial charge in [-0.05, 0) is 18.2 Å². The number of nitrogens with two attached hydrogens (primary N) is 1. The van der Waals surface area contributed by atoms with Crippen molar-refractivity contribution >= 4 is 17.1 Å². The zero-order valence-corrected chi connectivity index (χ0v) is 10.4. The number of pyridine rings is 1. The van der Waals surface area contributed by atoms with Crippen molar-refractivity contribution in [3.8, 4) is 11.5 Å². The van der Waals surface area contributed by atoms with Crippen molar-refractivity contribution in [2.45, 2.75) is 6.42 Å². The van der Waals surface area contributed by atoms with Crippen molar-refractivity contribution in [3.05, 3.63) is 36.7 Å². The summed E-state index contributed by atoms with van der Waals surface area (Å²) in [5, 5.41) is 3.24. The van der Waals surface area contributed by atoms with Crippen molar-refractivity contribution in [1.29, 1.82) is 0 Å². The summed E-state index contributed by atoms with van der Waals surface area (Å²) in [6.07, 6.45) is 4.21. The molecule has 0 amide bonds. The van der Waals surface area contributed by atoms with E-state index in [1.165, 1.54) is 0 Å². The first kappa shape index (κ1) is 11.6. The SMILES string of the molecule is Nc1cnccc1Nc1ccc2c(c1)OCCCO2. The minimum Gasteiger partial charge on any atom is -0.490 e. The normalized spacial score (nSPS) is 13.7. The molecule has 1 aliphatic rings. The van der Waals surface area contributed by atoms with E-state index in [1.54, 1.807) is 12.4 Å². The molecule has 0 saturated heterocycles. The molecule has 0 atom stereocenters. The van der Waals surface area contributed by atoms with Crippen LogP contribution in [0.2, 0.25) is 0 Å². The maximum absolute atomic E-state index is 5.85. The average molecular weight is 257 g/mol. The molecule has 0 spiro atoms. The molecule has 5 nitrogen and oxygen atoms in total. The van der Waals surface area contributed by atoms with Gasteiger partial charge in [-0.3, -0.25) is 4.98 Å². The zero-order chi connectivity index (χ0) is 13.1. The van der Waals surface area contributed by atoms with Crippen molar-refractivity contribution < 1.29 is 9.47 Å². The second kappa shape index (κ2) is 5.06. The molecular formula is C14H15N3O2. The molecule has 5 heteroatoms. The summed E-state index contributed by atoms with van der Waals surface area (Å²) in [6.45, 7) is 1.37. The van der Waals surface area contributed by atoms with E-state index in [9.17, 15) is 0 Å². The van der Waals surface area contributed by atoms with Gasteiger partial charge in [-0.25, -0.2) is 0 Å². The molecule has 2 aromatic rings. The number of nitrogen functional groups attached to an aromatic ring is 1. The number of ether oxygens (including phenoxy) is 2. The van der Waals surface area contributed by atoms with Gasteiger partial charge >= 0.3 is 0 Å². The predicted molar refractivity (Wildman–Crippen MR) is 74.0 cm³/mol. The second-order valence-electron chi connectivity index (χ2n) is 4.30. The fourth-order valence-electron chi connectivity index (χ4n) is 1.92. The lowest BCUT2D eigenvalue weighted by molar-refractivity contribution is 0.297. The van der Waals surface area contributed by atoms with Crippen LogP contribution in [-0.4, -0.2) is 18.2 Å². The summed E-state index contributed by atoms with van der Waals surface area (Å²) in [4.78, 5) is 3.96. The largest absolute Gasteiger partial charge is 0.490 e. The molecule has 0 saturated carbocycles. The van der Waals surface area contributed by atoms with Crippen LogP contribution in [0.4, 0.5) is 17.1 Å². The van der Waals surface area contributed by atoms with Crippen LogP contribution in [0.25, 0.3) is 0 Å². The Morgan fingerprint density at radius 2 is 1.95 bits per heavy atom. The van der Waals surface area contributed by atoms with Crippen LogP contribution < -0.4 is 20.5 Å². The van der Waals surface area contributed by atoms with Gasteiger partial charge in [0.15, 0.2) is 11.5 Å². The molecule has 3 rings (SSSR count). The first-order valence-corrected chi connectivity index (χ1v) is 6.19. The van der Waals surface area contributed by atoms with Crippen molar-refractivity contribution in [3.63, 3.8) is 0 Å². The van der Waals surface area contributed by atoms with Crippen LogP contribution in [0.15, 0.2) is 36.7 Å². The van der Waals surface area contributed by atoms with Crippen molar-refractivity contribution in [2.24, 2.45) is 0 Å². The standard InChI is InChI=1S/C14H15N3O2/c15-11-9-16-5-4-12(11)17-10-2-3-13-14(8-10)19-7-1-6-18-13/h2-5,8-9H,1,6-7,15H2,(H,16,17). The van der Waals surface area contributed by atoms with Gasteiger partial charge in [-0.15, -0.1) is 0 Å². The van der Waals surface area contributed by atoms with Crippen LogP contribution in [-0.2, 0) is 0 Å². The summed E-state index contributed by atoms with van der Waals surface area (Å²) in [7, 11) is 0. The molecule has 19 heavy (non-hydrogen) atoms. The minimum atomic E-state index is 0.606. The van der Waals surface area contributed by atoms with E-state index in [4.69, 9.17) is 15.2 Å². The zero-order valence-electron chi connectivity index (χ0n) is 10.4. The number of anilines is 3. The van der Waals surface area contributed by atoms with E-state index in [2.05, 4.69) is 10.3 Å². The third kappa shape index (κ3) is 2.54. The number of nitrogens with one attached hydrogen (secondary N) is 1. The number of hydrogen-bond acceptors (Lipinski definition) is 5. The van der Waals surface area contributed by atoms with Crippen LogP contribution in [0.5, 0.6) is 11.5 Å². The Bertz CT molecular complexity index is 587. The third-order valence-corrected chi connectivity index (χ3v) is 2.88. The summed E-state index contributed by atoms with van der Waals surface area (Å²) < 4.78 is 11.2. The number of nitrogens with zero attached hydrogens (tertiary/aromatic N) is 1. The molecule has 0 radical (unpaired) electrons. The first-order chi connectivity index (χ1) is 9.33. The molecule has 1 aliphatic heterocycles. The van der Waals surface area contributed by atoms with Gasteiger partial charge in [-0.2, -0.15) is 0 Å². The van der Waals surface area contributed by atoms with E-state index in [1.807, 2.05) is 24.3 Å². The average Bonchev–Trinajstić information content (AvgIpc) is 2.66. The van der Waals surface area contributed by atoms with Crippen LogP contribution in [0, 0.1) is 0 Å². The monoisotopic (exact) mass is 257 g/mol. The number of hydrogen-bond donors (Lipinski definition) is 2. The minimum absolute atomic E-state index is 0.606. The Balaban J connectivity index is 1.86. The number of aromatic nitrogens is 1. The van der Waals surface area contributed by atoms with Gasteiger partial charge in [0, 0.05) is 24.4 Å². The number of benzene rings is 1. The highest BCUT2D eigenvalue weighted by molar-refractivity contribution is 5.72. The summed E-state index contributed by atoms with van der Waals surface area (Å²) in [5.74, 6) is 1.54. The van der Waals surface area contributed by atoms with E-state index in [-0.39, 0.29) is 0 Å². The Morgan fingerprint density at radius 3 is 2.79 bits per heavy atom. The second-order valence-corrected chi connectivity index (χ2v) is 4.30. The topological polar surface area (TPSA) is 69.4 Å². The van der Waals surface area contributed by atoms with Crippen LogP contribution in [0.3, 0.4) is 0 Å². The van der Waals surface area contributed by atoms with Crippen LogP contribution >= 0.6 is 0 Å². The lowest BCUT2D eigenvalue weighted by Crippen LogP contribution is -1.98. The van der Waals surface area contributed by atoms with E-state index < -0.39 is 0 Å². The van der Waals surface area contributed by atoms with Gasteiger partial charge in [0.1, 0.15) is 0 Å². The summed E-state index contributed by atoms with van der Waals surface area (Å²) >= 11 is 0. The van der Waals surface area contributed by atoms with Gasteiger partial charge in [0.25, 0.3) is 0 Å². The third-order valence-electron chi connectivity index (χ3n) is 2.88. The lowest BCUT2D eigenvalue weighted by atomic mass is 10.2. The lowest BCUT2D eigenvalue weighted by Gasteiger charge is -2.12. The molecule has 0 fully saturated rings. The van der Waals surface area contributed by atoms with Gasteiger partial charge < -0.3 is 20.5 Å². The van der Waals surface area contributed by atoms with Crippen molar-refractivity contribution in [2.75, 3.05) is 24.3 Å². The Labute approximate surface area is 111 Å². The highest BCUT2D eigenvalue weighted by Gasteiger charge is 2.11.